The first-order valence-electron chi connectivity index (χ1n) is 14.6. The lowest BCUT2D eigenvalue weighted by Gasteiger charge is -2.28. The molecular weight excluding hydrogens is 536 g/mol. The smallest absolute Gasteiger partial charge is 0.360 e. The highest BCUT2D eigenvalue weighted by Gasteiger charge is 2.61. The van der Waals surface area contributed by atoms with Gasteiger partial charge < -0.3 is 29.8 Å². The zero-order valence-electron chi connectivity index (χ0n) is 23.9. The summed E-state index contributed by atoms with van der Waals surface area (Å²) in [6, 6.07) is 12.8. The molecule has 1 amide bonds. The number of methoxy groups -OCH3 is 1. The molecule has 4 bridgehead atoms. The maximum atomic E-state index is 13.9. The molecule has 5 atom stereocenters. The Balaban J connectivity index is 1.44. The van der Waals surface area contributed by atoms with Crippen molar-refractivity contribution in [3.63, 3.8) is 0 Å². The van der Waals surface area contributed by atoms with Gasteiger partial charge in [-0.3, -0.25) is 9.59 Å². The molecule has 10 heteroatoms. The van der Waals surface area contributed by atoms with Crippen molar-refractivity contribution in [3.8, 4) is 5.75 Å². The molecule has 2 aromatic carbocycles. The number of rotatable bonds is 5. The number of oxazole rings is 1. The van der Waals surface area contributed by atoms with Crippen molar-refractivity contribution >= 4 is 23.3 Å². The molecule has 3 aromatic rings. The quantitative estimate of drug-likeness (QED) is 0.394. The minimum atomic E-state index is -1.04. The van der Waals surface area contributed by atoms with Gasteiger partial charge in [-0.1, -0.05) is 44.2 Å². The fourth-order valence-electron chi connectivity index (χ4n) is 7.00. The predicted molar refractivity (Wildman–Crippen MR) is 152 cm³/mol. The molecule has 4 aliphatic rings. The second kappa shape index (κ2) is 9.97. The summed E-state index contributed by atoms with van der Waals surface area (Å²) in [5.41, 5.74) is 2.44. The first kappa shape index (κ1) is 26.7. The van der Waals surface area contributed by atoms with Crippen LogP contribution in [0, 0.1) is 11.8 Å². The number of amides is 1. The van der Waals surface area contributed by atoms with Crippen LogP contribution in [0.5, 0.6) is 5.75 Å². The van der Waals surface area contributed by atoms with Gasteiger partial charge in [0.1, 0.15) is 17.2 Å². The van der Waals surface area contributed by atoms with E-state index in [1.165, 1.54) is 7.11 Å². The molecule has 42 heavy (non-hydrogen) atoms. The molecule has 7 rings (SSSR count). The topological polar surface area (TPSA) is 132 Å². The monoisotopic (exact) mass is 570 g/mol. The van der Waals surface area contributed by atoms with E-state index in [2.05, 4.69) is 20.9 Å². The lowest BCUT2D eigenvalue weighted by Crippen LogP contribution is -2.41. The Hall–Kier alpha value is -4.18. The van der Waals surface area contributed by atoms with Gasteiger partial charge in [0.2, 0.25) is 11.8 Å². The number of esters is 1. The number of benzene rings is 2. The largest absolute Gasteiger partial charge is 0.469 e. The third kappa shape index (κ3) is 3.95. The van der Waals surface area contributed by atoms with E-state index in [-0.39, 0.29) is 41.7 Å². The Kier molecular flexibility index (Phi) is 6.34. The van der Waals surface area contributed by atoms with Gasteiger partial charge in [0.15, 0.2) is 23.5 Å². The molecule has 4 aliphatic heterocycles. The molecule has 1 aromatic heterocycles. The van der Waals surface area contributed by atoms with Crippen molar-refractivity contribution in [2.24, 2.45) is 11.8 Å². The molecule has 1 saturated heterocycles. The number of hydrogen-bond acceptors (Lipinski definition) is 9. The second-order valence-electron chi connectivity index (χ2n) is 12.0. The summed E-state index contributed by atoms with van der Waals surface area (Å²) in [4.78, 5) is 45.1. The molecule has 1 spiro atoms. The number of aromatic nitrogens is 1. The van der Waals surface area contributed by atoms with Crippen LogP contribution in [0.1, 0.15) is 78.0 Å². The summed E-state index contributed by atoms with van der Waals surface area (Å²) in [5, 5.41) is 9.87. The van der Waals surface area contributed by atoms with Gasteiger partial charge in [-0.05, 0) is 55.0 Å². The van der Waals surface area contributed by atoms with Crippen molar-refractivity contribution in [2.45, 2.75) is 63.3 Å². The fraction of sp³-hybridized carbons (Fsp3) is 0.438. The standard InChI is InChI=1S/C32H34N4O6/c1-16(2)25-29-36-26(30(39)40-3)27(42-29)32-19-7-4-5-8-21(19)34-31(32)41-24-11-10-17(14-20(24)32)13-18(28(38)35-25)15-23(37)22-9-6-12-33-22/h4-5,7-8,10-11,14,16,18,22,25,31,33-34H,6,9,12-13,15H2,1-3H3,(H,35,38)/t18?,22-,25?,31-,32?/m0/s1. The highest BCUT2D eigenvalue weighted by Crippen LogP contribution is 2.58. The maximum absolute atomic E-state index is 13.9. The van der Waals surface area contributed by atoms with E-state index in [9.17, 15) is 14.4 Å². The number of ether oxygens (including phenoxy) is 2. The lowest BCUT2D eigenvalue weighted by molar-refractivity contribution is -0.131. The highest BCUT2D eigenvalue weighted by molar-refractivity contribution is 5.91. The van der Waals surface area contributed by atoms with Gasteiger partial charge in [-0.15, -0.1) is 0 Å². The molecule has 1 fully saturated rings. The minimum Gasteiger partial charge on any atom is -0.469 e. The van der Waals surface area contributed by atoms with Crippen LogP contribution >= 0.6 is 0 Å². The molecule has 0 saturated carbocycles. The molecule has 3 N–H and O–H groups in total. The normalized spacial score (nSPS) is 27.2. The van der Waals surface area contributed by atoms with Crippen molar-refractivity contribution in [3.05, 3.63) is 76.5 Å². The van der Waals surface area contributed by atoms with Crippen LogP contribution in [0.4, 0.5) is 5.69 Å². The summed E-state index contributed by atoms with van der Waals surface area (Å²) >= 11 is 0. The molecule has 218 valence electrons. The first-order chi connectivity index (χ1) is 20.3. The average molecular weight is 571 g/mol. The fourth-order valence-corrected chi connectivity index (χ4v) is 7.00. The van der Waals surface area contributed by atoms with Gasteiger partial charge in [-0.25, -0.2) is 9.78 Å². The van der Waals surface area contributed by atoms with E-state index >= 15 is 0 Å². The predicted octanol–water partition coefficient (Wildman–Crippen LogP) is 3.64. The Morgan fingerprint density at radius 3 is 2.74 bits per heavy atom. The molecular formula is C32H34N4O6. The lowest BCUT2D eigenvalue weighted by atomic mass is 9.72. The van der Waals surface area contributed by atoms with Crippen molar-refractivity contribution in [1.82, 2.24) is 15.6 Å². The zero-order chi connectivity index (χ0) is 29.2. The Morgan fingerprint density at radius 1 is 1.14 bits per heavy atom. The van der Waals surface area contributed by atoms with Crippen LogP contribution < -0.4 is 20.7 Å². The van der Waals surface area contributed by atoms with Crippen LogP contribution in [0.15, 0.2) is 46.9 Å². The van der Waals surface area contributed by atoms with Gasteiger partial charge in [0, 0.05) is 23.6 Å². The second-order valence-corrected chi connectivity index (χ2v) is 12.0. The Labute approximate surface area is 243 Å². The zero-order valence-corrected chi connectivity index (χ0v) is 23.9. The van der Waals surface area contributed by atoms with Crippen molar-refractivity contribution < 1.29 is 28.3 Å². The van der Waals surface area contributed by atoms with Crippen LogP contribution in [0.2, 0.25) is 0 Å². The minimum absolute atomic E-state index is 0.0380. The molecule has 10 nitrogen and oxygen atoms in total. The average Bonchev–Trinajstić information content (AvgIpc) is 3.77. The molecule has 5 heterocycles. The molecule has 0 radical (unpaired) electrons. The van der Waals surface area contributed by atoms with Crippen LogP contribution in [0.25, 0.3) is 0 Å². The van der Waals surface area contributed by atoms with E-state index in [4.69, 9.17) is 13.9 Å². The van der Waals surface area contributed by atoms with Crippen LogP contribution in [0.3, 0.4) is 0 Å². The number of anilines is 1. The van der Waals surface area contributed by atoms with Gasteiger partial charge in [0.25, 0.3) is 0 Å². The maximum Gasteiger partial charge on any atom is 0.360 e. The summed E-state index contributed by atoms with van der Waals surface area (Å²) in [6.45, 7) is 4.71. The van der Waals surface area contributed by atoms with Crippen LogP contribution in [-0.2, 0) is 26.2 Å². The number of ketones is 1. The number of carbonyl (C=O) groups is 3. The Bertz CT molecular complexity index is 1590. The number of nitrogens with one attached hydrogen (secondary N) is 3. The number of carbonyl (C=O) groups excluding carboxylic acids is 3. The third-order valence-corrected chi connectivity index (χ3v) is 9.11. The number of hydrogen-bond donors (Lipinski definition) is 3. The van der Waals surface area contributed by atoms with E-state index in [0.29, 0.717) is 17.9 Å². The third-order valence-electron chi connectivity index (χ3n) is 9.11. The molecule has 3 unspecified atom stereocenters. The van der Waals surface area contributed by atoms with Crippen molar-refractivity contribution in [2.75, 3.05) is 19.0 Å². The summed E-state index contributed by atoms with van der Waals surface area (Å²) in [7, 11) is 1.31. The van der Waals surface area contributed by atoms with E-state index in [1.807, 2.05) is 56.3 Å². The van der Waals surface area contributed by atoms with Gasteiger partial charge in [-0.2, -0.15) is 0 Å². The number of para-hydroxylation sites is 1. The highest BCUT2D eigenvalue weighted by atomic mass is 16.5. The summed E-state index contributed by atoms with van der Waals surface area (Å²) in [6.07, 6.45) is 1.61. The number of fused-ring (bicyclic) bond motifs is 4. The van der Waals surface area contributed by atoms with Gasteiger partial charge >= 0.3 is 5.97 Å². The molecule has 0 aliphatic carbocycles. The van der Waals surface area contributed by atoms with Gasteiger partial charge in [0.05, 0.1) is 13.2 Å². The van der Waals surface area contributed by atoms with Crippen molar-refractivity contribution in [1.29, 1.82) is 0 Å². The van der Waals surface area contributed by atoms with E-state index < -0.39 is 29.6 Å². The van der Waals surface area contributed by atoms with E-state index in [0.717, 1.165) is 41.8 Å². The number of Topliss-reactive ketones (excluding diaryl/α,β-unsaturated/α-hetero) is 1. The first-order valence-corrected chi connectivity index (χ1v) is 14.6. The number of nitrogens with zero attached hydrogens (tertiary/aromatic N) is 1. The SMILES string of the molecule is COC(=O)c1nc2oc1C13c4ccccc4N[C@H]1Oc1ccc(cc13)CC(CC(=O)[C@@H]1CCCN1)C(=O)NC2C(C)C. The Morgan fingerprint density at radius 2 is 1.98 bits per heavy atom. The van der Waals surface area contributed by atoms with E-state index in [1.54, 1.807) is 0 Å². The summed E-state index contributed by atoms with van der Waals surface area (Å²) < 4.78 is 18.3. The van der Waals surface area contributed by atoms with Crippen LogP contribution in [-0.4, -0.2) is 48.6 Å². The summed E-state index contributed by atoms with van der Waals surface area (Å²) in [5.74, 6) is -0.420.